The Labute approximate surface area is 154 Å². The van der Waals surface area contributed by atoms with Crippen molar-refractivity contribution in [1.82, 2.24) is 5.01 Å². The molecule has 1 unspecified atom stereocenters. The number of benzene rings is 1. The summed E-state index contributed by atoms with van der Waals surface area (Å²) in [6.07, 6.45) is 0.471. The van der Waals surface area contributed by atoms with Crippen molar-refractivity contribution >= 4 is 33.1 Å². The van der Waals surface area contributed by atoms with E-state index in [1.54, 1.807) is 0 Å². The quantitative estimate of drug-likeness (QED) is 0.408. The highest BCUT2D eigenvalue weighted by Gasteiger charge is 2.37. The number of nitro benzene ring substituents is 1. The Kier molecular flexibility index (Phi) is 5.22. The molecule has 144 valence electrons. The summed E-state index contributed by atoms with van der Waals surface area (Å²) in [5.74, 6) is -1.18. The molecule has 0 spiro atoms. The third-order valence-electron chi connectivity index (χ3n) is 4.37. The molecule has 1 atom stereocenters. The molecule has 10 nitrogen and oxygen atoms in total. The number of carbonyl (C=O) groups excluding carboxylic acids is 2. The maximum atomic E-state index is 12.2. The average Bonchev–Trinajstić information content (AvgIpc) is 3.00. The molecule has 0 aromatic heterocycles. The maximum Gasteiger partial charge on any atom is 0.354 e. The molecular formula is C16H17N3O7S. The number of nitrogens with zero attached hydrogens (tertiary/aromatic N) is 3. The van der Waals surface area contributed by atoms with E-state index in [0.29, 0.717) is 12.0 Å². The van der Waals surface area contributed by atoms with Gasteiger partial charge in [-0.05, 0) is 24.1 Å². The lowest BCUT2D eigenvalue weighted by Gasteiger charge is -2.27. The summed E-state index contributed by atoms with van der Waals surface area (Å²) in [5.41, 5.74) is 0.559. The van der Waals surface area contributed by atoms with Gasteiger partial charge < -0.3 is 4.74 Å². The van der Waals surface area contributed by atoms with Gasteiger partial charge in [-0.25, -0.2) is 18.2 Å². The van der Waals surface area contributed by atoms with Crippen LogP contribution in [0, 0.1) is 10.1 Å². The number of sulfone groups is 1. The molecule has 1 saturated heterocycles. The van der Waals surface area contributed by atoms with Crippen LogP contribution in [-0.4, -0.2) is 53.5 Å². The Morgan fingerprint density at radius 2 is 2.00 bits per heavy atom. The number of hydrogen-bond acceptors (Lipinski definition) is 8. The maximum absolute atomic E-state index is 12.2. The lowest BCUT2D eigenvalue weighted by molar-refractivity contribution is -0.384. The second kappa shape index (κ2) is 7.43. The van der Waals surface area contributed by atoms with E-state index in [1.807, 2.05) is 0 Å². The number of esters is 1. The van der Waals surface area contributed by atoms with Gasteiger partial charge >= 0.3 is 5.97 Å². The van der Waals surface area contributed by atoms with Gasteiger partial charge in [-0.2, -0.15) is 5.10 Å². The molecule has 1 fully saturated rings. The van der Waals surface area contributed by atoms with Gasteiger partial charge in [0.05, 0.1) is 22.5 Å². The molecule has 2 heterocycles. The zero-order valence-electron chi connectivity index (χ0n) is 14.2. The lowest BCUT2D eigenvalue weighted by Crippen LogP contribution is -2.42. The zero-order valence-corrected chi connectivity index (χ0v) is 15.1. The van der Waals surface area contributed by atoms with E-state index in [0.717, 1.165) is 5.01 Å². The summed E-state index contributed by atoms with van der Waals surface area (Å²) in [5, 5.41) is 15.8. The van der Waals surface area contributed by atoms with Gasteiger partial charge in [0.2, 0.25) is 5.91 Å². The molecule has 1 amide bonds. The fraction of sp³-hybridized carbons (Fsp3) is 0.438. The standard InChI is InChI=1S/C16H17N3O7S/c20-15-6-5-14(17-18(15)13-7-8-27(24,25)10-13)16(21)26-9-11-1-3-12(4-2-11)19(22)23/h1-4,13H,5-10H2. The largest absolute Gasteiger partial charge is 0.456 e. The van der Waals surface area contributed by atoms with Crippen molar-refractivity contribution in [3.8, 4) is 0 Å². The number of non-ortho nitro benzene ring substituents is 1. The fourth-order valence-corrected chi connectivity index (χ4v) is 4.61. The van der Waals surface area contributed by atoms with Crippen LogP contribution in [0.3, 0.4) is 0 Å². The monoisotopic (exact) mass is 395 g/mol. The third-order valence-corrected chi connectivity index (χ3v) is 6.12. The highest BCUT2D eigenvalue weighted by molar-refractivity contribution is 7.91. The molecule has 1 aromatic carbocycles. The predicted molar refractivity (Wildman–Crippen MR) is 93.5 cm³/mol. The van der Waals surface area contributed by atoms with Gasteiger partial charge in [-0.3, -0.25) is 14.9 Å². The second-order valence-electron chi connectivity index (χ2n) is 6.34. The first-order chi connectivity index (χ1) is 12.7. The molecule has 3 rings (SSSR count). The number of hydrogen-bond donors (Lipinski definition) is 0. The molecule has 2 aliphatic heterocycles. The van der Waals surface area contributed by atoms with Crippen molar-refractivity contribution in [2.24, 2.45) is 5.10 Å². The van der Waals surface area contributed by atoms with Gasteiger partial charge in [0.1, 0.15) is 12.3 Å². The van der Waals surface area contributed by atoms with Crippen molar-refractivity contribution in [1.29, 1.82) is 0 Å². The Morgan fingerprint density at radius 3 is 2.59 bits per heavy atom. The van der Waals surface area contributed by atoms with Crippen molar-refractivity contribution in [3.63, 3.8) is 0 Å². The van der Waals surface area contributed by atoms with Crippen LogP contribution in [-0.2, 0) is 30.8 Å². The van der Waals surface area contributed by atoms with Gasteiger partial charge in [0, 0.05) is 25.0 Å². The van der Waals surface area contributed by atoms with Gasteiger partial charge in [0.25, 0.3) is 5.69 Å². The average molecular weight is 395 g/mol. The Balaban J connectivity index is 1.64. The highest BCUT2D eigenvalue weighted by atomic mass is 32.2. The van der Waals surface area contributed by atoms with E-state index in [2.05, 4.69) is 5.10 Å². The van der Waals surface area contributed by atoms with Crippen LogP contribution in [0.5, 0.6) is 0 Å². The summed E-state index contributed by atoms with van der Waals surface area (Å²) in [7, 11) is -3.19. The SMILES string of the molecule is O=C(OCc1ccc([N+](=O)[O-])cc1)C1=NN(C2CCS(=O)(=O)C2)C(=O)CC1. The number of ether oxygens (including phenoxy) is 1. The molecule has 0 N–H and O–H groups in total. The van der Waals surface area contributed by atoms with E-state index in [-0.39, 0.29) is 48.3 Å². The summed E-state index contributed by atoms with van der Waals surface area (Å²) >= 11 is 0. The van der Waals surface area contributed by atoms with Crippen LogP contribution in [0.4, 0.5) is 5.69 Å². The van der Waals surface area contributed by atoms with Crippen LogP contribution in [0.2, 0.25) is 0 Å². The number of amides is 1. The van der Waals surface area contributed by atoms with Crippen LogP contribution < -0.4 is 0 Å². The van der Waals surface area contributed by atoms with Crippen LogP contribution in [0.25, 0.3) is 0 Å². The Bertz CT molecular complexity index is 908. The second-order valence-corrected chi connectivity index (χ2v) is 8.57. The molecule has 0 bridgehead atoms. The number of hydrazone groups is 1. The van der Waals surface area contributed by atoms with E-state index in [4.69, 9.17) is 4.74 Å². The Morgan fingerprint density at radius 1 is 1.30 bits per heavy atom. The van der Waals surface area contributed by atoms with Gasteiger partial charge in [-0.15, -0.1) is 0 Å². The first-order valence-corrected chi connectivity index (χ1v) is 10.1. The number of rotatable bonds is 5. The summed E-state index contributed by atoms with van der Waals surface area (Å²) in [6, 6.07) is 5.02. The minimum atomic E-state index is -3.19. The van der Waals surface area contributed by atoms with Crippen LogP contribution >= 0.6 is 0 Å². The summed E-state index contributed by atoms with van der Waals surface area (Å²) in [4.78, 5) is 34.4. The molecule has 0 radical (unpaired) electrons. The van der Waals surface area contributed by atoms with Crippen molar-refractivity contribution in [2.75, 3.05) is 11.5 Å². The van der Waals surface area contributed by atoms with Gasteiger partial charge in [0.15, 0.2) is 9.84 Å². The molecule has 27 heavy (non-hydrogen) atoms. The van der Waals surface area contributed by atoms with Crippen molar-refractivity contribution in [3.05, 3.63) is 39.9 Å². The molecule has 2 aliphatic rings. The summed E-state index contributed by atoms with van der Waals surface area (Å²) in [6.45, 7) is -0.0956. The van der Waals surface area contributed by atoms with Crippen LogP contribution in [0.1, 0.15) is 24.8 Å². The van der Waals surface area contributed by atoms with E-state index in [1.165, 1.54) is 24.3 Å². The molecule has 0 saturated carbocycles. The zero-order chi connectivity index (χ0) is 19.6. The fourth-order valence-electron chi connectivity index (χ4n) is 2.92. The van der Waals surface area contributed by atoms with E-state index in [9.17, 15) is 28.1 Å². The normalized spacial score (nSPS) is 21.6. The van der Waals surface area contributed by atoms with E-state index >= 15 is 0 Å². The first-order valence-electron chi connectivity index (χ1n) is 8.25. The number of carbonyl (C=O) groups is 2. The lowest BCUT2D eigenvalue weighted by atomic mass is 10.1. The van der Waals surface area contributed by atoms with Crippen molar-refractivity contribution < 1.29 is 27.7 Å². The molecular weight excluding hydrogens is 378 g/mol. The molecule has 1 aromatic rings. The Hall–Kier alpha value is -2.82. The topological polar surface area (TPSA) is 136 Å². The minimum absolute atomic E-state index is 0.00308. The van der Waals surface area contributed by atoms with Crippen molar-refractivity contribution in [2.45, 2.75) is 31.9 Å². The first kappa shape index (κ1) is 19.0. The predicted octanol–water partition coefficient (Wildman–Crippen LogP) is 0.803. The van der Waals surface area contributed by atoms with E-state index < -0.39 is 26.8 Å². The highest BCUT2D eigenvalue weighted by Crippen LogP contribution is 2.22. The van der Waals surface area contributed by atoms with Crippen LogP contribution in [0.15, 0.2) is 29.4 Å². The molecule has 0 aliphatic carbocycles. The summed E-state index contributed by atoms with van der Waals surface area (Å²) < 4.78 is 28.4. The third kappa shape index (κ3) is 4.48. The number of nitro groups is 1. The minimum Gasteiger partial charge on any atom is -0.456 e. The molecule has 11 heteroatoms. The van der Waals surface area contributed by atoms with Gasteiger partial charge in [-0.1, -0.05) is 0 Å². The smallest absolute Gasteiger partial charge is 0.354 e.